The van der Waals surface area contributed by atoms with Crippen molar-refractivity contribution in [1.82, 2.24) is 15.3 Å². The number of hydrogen-bond donors (Lipinski definition) is 1. The van der Waals surface area contributed by atoms with Gasteiger partial charge in [-0.25, -0.2) is 9.97 Å². The molecule has 0 saturated carbocycles. The third kappa shape index (κ3) is 6.36. The van der Waals surface area contributed by atoms with Crippen LogP contribution in [0.5, 0.6) is 0 Å². The van der Waals surface area contributed by atoms with Crippen LogP contribution < -0.4 is 5.32 Å². The molecule has 102 valence electrons. The van der Waals surface area contributed by atoms with Crippen molar-refractivity contribution in [2.24, 2.45) is 5.92 Å². The lowest BCUT2D eigenvalue weighted by Crippen LogP contribution is -2.16. The predicted molar refractivity (Wildman–Crippen MR) is 79.8 cm³/mol. The Hall–Kier alpha value is -0.610. The van der Waals surface area contributed by atoms with E-state index in [2.05, 4.69) is 42.1 Å². The topological polar surface area (TPSA) is 37.8 Å². The van der Waals surface area contributed by atoms with Gasteiger partial charge in [-0.3, -0.25) is 0 Å². The molecule has 0 fully saturated rings. The van der Waals surface area contributed by atoms with E-state index in [1.165, 1.54) is 5.75 Å². The fourth-order valence-electron chi connectivity index (χ4n) is 1.63. The first-order chi connectivity index (χ1) is 8.61. The Morgan fingerprint density at radius 1 is 1.33 bits per heavy atom. The molecule has 1 rings (SSSR count). The fraction of sp³-hybridized carbons (Fsp3) is 0.714. The van der Waals surface area contributed by atoms with Gasteiger partial charge in [0, 0.05) is 12.2 Å². The predicted octanol–water partition coefficient (Wildman–Crippen LogP) is 3.17. The Labute approximate surface area is 115 Å². The fourth-order valence-corrected chi connectivity index (χ4v) is 2.54. The minimum Gasteiger partial charge on any atom is -0.311 e. The van der Waals surface area contributed by atoms with Crippen molar-refractivity contribution in [3.63, 3.8) is 0 Å². The molecule has 0 aromatic carbocycles. The van der Waals surface area contributed by atoms with E-state index in [1.54, 1.807) is 0 Å². The highest BCUT2D eigenvalue weighted by Gasteiger charge is 2.03. The highest BCUT2D eigenvalue weighted by molar-refractivity contribution is 7.98. The Kier molecular flexibility index (Phi) is 7.28. The van der Waals surface area contributed by atoms with Crippen LogP contribution in [0.3, 0.4) is 0 Å². The van der Waals surface area contributed by atoms with E-state index in [0.29, 0.717) is 0 Å². The van der Waals surface area contributed by atoms with Gasteiger partial charge in [0.1, 0.15) is 5.82 Å². The van der Waals surface area contributed by atoms with E-state index in [0.717, 1.165) is 48.4 Å². The Balaban J connectivity index is 2.51. The van der Waals surface area contributed by atoms with Gasteiger partial charge < -0.3 is 5.32 Å². The van der Waals surface area contributed by atoms with Gasteiger partial charge >= 0.3 is 0 Å². The summed E-state index contributed by atoms with van der Waals surface area (Å²) in [7, 11) is 0. The molecule has 0 aliphatic heterocycles. The standard InChI is InChI=1S/C14H25N3S/c1-5-6-15-8-13-7-12(4)16-14(17-13)10-18-9-11(2)3/h7,11,15H,5-6,8-10H2,1-4H3. The summed E-state index contributed by atoms with van der Waals surface area (Å²) in [5.74, 6) is 3.78. The zero-order valence-electron chi connectivity index (χ0n) is 12.0. The molecule has 1 N–H and O–H groups in total. The molecular weight excluding hydrogens is 242 g/mol. The molecule has 0 unspecified atom stereocenters. The molecule has 0 radical (unpaired) electrons. The number of hydrogen-bond acceptors (Lipinski definition) is 4. The minimum atomic E-state index is 0.727. The maximum Gasteiger partial charge on any atom is 0.138 e. The average Bonchev–Trinajstić information content (AvgIpc) is 2.28. The minimum absolute atomic E-state index is 0.727. The van der Waals surface area contributed by atoms with Crippen LogP contribution in [0.1, 0.15) is 44.4 Å². The molecule has 1 aromatic rings. The monoisotopic (exact) mass is 267 g/mol. The van der Waals surface area contributed by atoms with Crippen molar-refractivity contribution in [3.8, 4) is 0 Å². The number of aryl methyl sites for hydroxylation is 1. The smallest absolute Gasteiger partial charge is 0.138 e. The number of aromatic nitrogens is 2. The van der Waals surface area contributed by atoms with Crippen LogP contribution in [-0.2, 0) is 12.3 Å². The number of thioether (sulfide) groups is 1. The lowest BCUT2D eigenvalue weighted by molar-refractivity contribution is 0.659. The highest BCUT2D eigenvalue weighted by atomic mass is 32.2. The highest BCUT2D eigenvalue weighted by Crippen LogP contribution is 2.13. The molecule has 0 spiro atoms. The number of rotatable bonds is 8. The SMILES string of the molecule is CCCNCc1cc(C)nc(CSCC(C)C)n1. The van der Waals surface area contributed by atoms with Crippen LogP contribution in [0, 0.1) is 12.8 Å². The first-order valence-electron chi connectivity index (χ1n) is 6.73. The first-order valence-corrected chi connectivity index (χ1v) is 7.89. The summed E-state index contributed by atoms with van der Waals surface area (Å²) in [4.78, 5) is 9.11. The normalized spacial score (nSPS) is 11.2. The molecule has 0 saturated heterocycles. The molecule has 1 aromatic heterocycles. The van der Waals surface area contributed by atoms with Gasteiger partial charge in [-0.15, -0.1) is 0 Å². The van der Waals surface area contributed by atoms with Crippen LogP contribution in [0.2, 0.25) is 0 Å². The maximum atomic E-state index is 4.61. The zero-order chi connectivity index (χ0) is 13.4. The second kappa shape index (κ2) is 8.48. The lowest BCUT2D eigenvalue weighted by atomic mass is 10.3. The van der Waals surface area contributed by atoms with Gasteiger partial charge in [0.25, 0.3) is 0 Å². The second-order valence-electron chi connectivity index (χ2n) is 5.00. The van der Waals surface area contributed by atoms with E-state index < -0.39 is 0 Å². The number of nitrogens with zero attached hydrogens (tertiary/aromatic N) is 2. The summed E-state index contributed by atoms with van der Waals surface area (Å²) >= 11 is 1.91. The van der Waals surface area contributed by atoms with E-state index >= 15 is 0 Å². The third-order valence-electron chi connectivity index (χ3n) is 2.37. The molecule has 18 heavy (non-hydrogen) atoms. The van der Waals surface area contributed by atoms with E-state index in [9.17, 15) is 0 Å². The van der Waals surface area contributed by atoms with Crippen LogP contribution in [-0.4, -0.2) is 22.3 Å². The van der Waals surface area contributed by atoms with Crippen LogP contribution in [0.4, 0.5) is 0 Å². The van der Waals surface area contributed by atoms with Crippen LogP contribution in [0.25, 0.3) is 0 Å². The summed E-state index contributed by atoms with van der Waals surface area (Å²) in [5.41, 5.74) is 2.18. The van der Waals surface area contributed by atoms with Crippen molar-refractivity contribution < 1.29 is 0 Å². The van der Waals surface area contributed by atoms with Gasteiger partial charge in [-0.2, -0.15) is 11.8 Å². The third-order valence-corrected chi connectivity index (χ3v) is 3.73. The van der Waals surface area contributed by atoms with Crippen molar-refractivity contribution in [3.05, 3.63) is 23.3 Å². The lowest BCUT2D eigenvalue weighted by Gasteiger charge is -2.08. The van der Waals surface area contributed by atoms with Gasteiger partial charge in [-0.05, 0) is 37.6 Å². The zero-order valence-corrected chi connectivity index (χ0v) is 12.8. The molecular formula is C14H25N3S. The molecule has 0 aliphatic rings. The quantitative estimate of drug-likeness (QED) is 0.734. The van der Waals surface area contributed by atoms with Crippen molar-refractivity contribution in [2.45, 2.75) is 46.4 Å². The van der Waals surface area contributed by atoms with Gasteiger partial charge in [0.15, 0.2) is 0 Å². The van der Waals surface area contributed by atoms with Crippen molar-refractivity contribution in [1.29, 1.82) is 0 Å². The van der Waals surface area contributed by atoms with Crippen molar-refractivity contribution in [2.75, 3.05) is 12.3 Å². The van der Waals surface area contributed by atoms with Crippen LogP contribution in [0.15, 0.2) is 6.07 Å². The first kappa shape index (κ1) is 15.4. The summed E-state index contributed by atoms with van der Waals surface area (Å²) < 4.78 is 0. The van der Waals surface area contributed by atoms with Crippen LogP contribution >= 0.6 is 11.8 Å². The molecule has 4 heteroatoms. The van der Waals surface area contributed by atoms with Gasteiger partial charge in [0.05, 0.1) is 11.4 Å². The summed E-state index contributed by atoms with van der Waals surface area (Å²) in [5, 5.41) is 3.38. The molecule has 1 heterocycles. The number of nitrogens with one attached hydrogen (secondary N) is 1. The maximum absolute atomic E-state index is 4.61. The summed E-state index contributed by atoms with van der Waals surface area (Å²) in [6, 6.07) is 2.07. The van der Waals surface area contributed by atoms with Crippen molar-refractivity contribution >= 4 is 11.8 Å². The Morgan fingerprint density at radius 3 is 2.78 bits per heavy atom. The Bertz CT molecular complexity index is 353. The second-order valence-corrected chi connectivity index (χ2v) is 6.03. The molecule has 0 aliphatic carbocycles. The van der Waals surface area contributed by atoms with E-state index in [-0.39, 0.29) is 0 Å². The van der Waals surface area contributed by atoms with E-state index in [4.69, 9.17) is 0 Å². The molecule has 0 atom stereocenters. The molecule has 0 bridgehead atoms. The van der Waals surface area contributed by atoms with Gasteiger partial charge in [0.2, 0.25) is 0 Å². The Morgan fingerprint density at radius 2 is 2.11 bits per heavy atom. The summed E-state index contributed by atoms with van der Waals surface area (Å²) in [6.45, 7) is 10.6. The molecule has 3 nitrogen and oxygen atoms in total. The average molecular weight is 267 g/mol. The molecule has 0 amide bonds. The van der Waals surface area contributed by atoms with Gasteiger partial charge in [-0.1, -0.05) is 20.8 Å². The largest absolute Gasteiger partial charge is 0.311 e. The van der Waals surface area contributed by atoms with E-state index in [1.807, 2.05) is 18.7 Å². The summed E-state index contributed by atoms with van der Waals surface area (Å²) in [6.07, 6.45) is 1.15.